The molecular weight excluding hydrogens is 352 g/mol. The van der Waals surface area contributed by atoms with Crippen molar-refractivity contribution in [1.82, 2.24) is 15.1 Å². The number of halogens is 1. The smallest absolute Gasteiger partial charge is 0.322 e. The lowest BCUT2D eigenvalue weighted by atomic mass is 10.0. The number of carboxylic acid groups (broad SMARTS) is 1. The van der Waals surface area contributed by atoms with Gasteiger partial charge in [-0.05, 0) is 24.6 Å². The first-order valence-electron chi connectivity index (χ1n) is 7.16. The van der Waals surface area contributed by atoms with Gasteiger partial charge in [0.15, 0.2) is 0 Å². The van der Waals surface area contributed by atoms with Gasteiger partial charge in [0.1, 0.15) is 5.69 Å². The Hall–Kier alpha value is -2.94. The SMILES string of the molecule is Cc1nn(C)c(C(=O)N[C@@H](CC(=O)O)c2ccc(Cl)cc2)c1[N+](=O)[O-]. The van der Waals surface area contributed by atoms with E-state index < -0.39 is 34.9 Å². The number of nitrogens with one attached hydrogen (secondary N) is 1. The molecule has 132 valence electrons. The lowest BCUT2D eigenvalue weighted by molar-refractivity contribution is -0.385. The van der Waals surface area contributed by atoms with Crippen LogP contribution in [0, 0.1) is 17.0 Å². The van der Waals surface area contributed by atoms with Gasteiger partial charge in [0, 0.05) is 12.1 Å². The number of nitro groups is 1. The van der Waals surface area contributed by atoms with E-state index in [1.165, 1.54) is 14.0 Å². The van der Waals surface area contributed by atoms with Crippen LogP contribution in [-0.4, -0.2) is 31.7 Å². The predicted molar refractivity (Wildman–Crippen MR) is 88.5 cm³/mol. The summed E-state index contributed by atoms with van der Waals surface area (Å²) in [4.78, 5) is 34.2. The average Bonchev–Trinajstić information content (AvgIpc) is 2.81. The number of carboxylic acids is 1. The van der Waals surface area contributed by atoms with Crippen LogP contribution in [0.2, 0.25) is 5.02 Å². The fraction of sp³-hybridized carbons (Fsp3) is 0.267. The van der Waals surface area contributed by atoms with E-state index in [-0.39, 0.29) is 11.4 Å². The van der Waals surface area contributed by atoms with Crippen LogP contribution in [0.5, 0.6) is 0 Å². The van der Waals surface area contributed by atoms with Crippen LogP contribution in [0.25, 0.3) is 0 Å². The number of rotatable bonds is 6. The number of hydrogen-bond donors (Lipinski definition) is 2. The van der Waals surface area contributed by atoms with Gasteiger partial charge in [-0.3, -0.25) is 24.4 Å². The molecule has 0 aliphatic heterocycles. The first-order valence-corrected chi connectivity index (χ1v) is 7.54. The first kappa shape index (κ1) is 18.4. The van der Waals surface area contributed by atoms with E-state index in [4.69, 9.17) is 16.7 Å². The molecule has 0 unspecified atom stereocenters. The maximum Gasteiger partial charge on any atom is 0.322 e. The van der Waals surface area contributed by atoms with Gasteiger partial charge in [-0.2, -0.15) is 5.10 Å². The van der Waals surface area contributed by atoms with Gasteiger partial charge in [0.2, 0.25) is 5.69 Å². The second-order valence-corrected chi connectivity index (χ2v) is 5.78. The molecule has 1 atom stereocenters. The summed E-state index contributed by atoms with van der Waals surface area (Å²) in [6.45, 7) is 1.42. The Balaban J connectivity index is 2.36. The van der Waals surface area contributed by atoms with Crippen molar-refractivity contribution in [3.8, 4) is 0 Å². The molecule has 2 N–H and O–H groups in total. The minimum atomic E-state index is -1.13. The monoisotopic (exact) mass is 366 g/mol. The van der Waals surface area contributed by atoms with E-state index >= 15 is 0 Å². The van der Waals surface area contributed by atoms with Crippen LogP contribution in [-0.2, 0) is 11.8 Å². The van der Waals surface area contributed by atoms with Crippen molar-refractivity contribution in [1.29, 1.82) is 0 Å². The Morgan fingerprint density at radius 2 is 2.00 bits per heavy atom. The zero-order valence-electron chi connectivity index (χ0n) is 13.4. The standard InChI is InChI=1S/C15H15ClN4O5/c1-8-13(20(24)25)14(19(2)18-8)15(23)17-11(7-12(21)22)9-3-5-10(16)6-4-9/h3-6,11H,7H2,1-2H3,(H,17,23)(H,21,22)/t11-/m0/s1. The zero-order chi connectivity index (χ0) is 18.7. The molecule has 0 saturated carbocycles. The zero-order valence-corrected chi connectivity index (χ0v) is 14.1. The highest BCUT2D eigenvalue weighted by Crippen LogP contribution is 2.25. The van der Waals surface area contributed by atoms with Crippen LogP contribution in [0.4, 0.5) is 5.69 Å². The molecule has 0 fully saturated rings. The molecule has 0 saturated heterocycles. The number of aromatic nitrogens is 2. The summed E-state index contributed by atoms with van der Waals surface area (Å²) in [6.07, 6.45) is -0.391. The molecule has 1 heterocycles. The number of aryl methyl sites for hydroxylation is 2. The van der Waals surface area contributed by atoms with Gasteiger partial charge < -0.3 is 10.4 Å². The van der Waals surface area contributed by atoms with Crippen molar-refractivity contribution in [2.75, 3.05) is 0 Å². The Bertz CT molecular complexity index is 831. The number of carbonyl (C=O) groups is 2. The van der Waals surface area contributed by atoms with Crippen LogP contribution in [0.15, 0.2) is 24.3 Å². The predicted octanol–water partition coefficient (Wildman–Crippen LogP) is 2.24. The molecule has 1 aromatic carbocycles. The van der Waals surface area contributed by atoms with Gasteiger partial charge in [-0.15, -0.1) is 0 Å². The quantitative estimate of drug-likeness (QED) is 0.596. The Morgan fingerprint density at radius 1 is 1.40 bits per heavy atom. The number of hydrogen-bond acceptors (Lipinski definition) is 5. The van der Waals surface area contributed by atoms with Crippen molar-refractivity contribution in [3.63, 3.8) is 0 Å². The summed E-state index contributed by atoms with van der Waals surface area (Å²) >= 11 is 5.81. The Labute approximate surface area is 147 Å². The van der Waals surface area contributed by atoms with Crippen molar-refractivity contribution in [2.45, 2.75) is 19.4 Å². The molecule has 0 spiro atoms. The van der Waals surface area contributed by atoms with E-state index in [2.05, 4.69) is 10.4 Å². The van der Waals surface area contributed by atoms with E-state index in [1.807, 2.05) is 0 Å². The highest BCUT2D eigenvalue weighted by Gasteiger charge is 2.31. The lowest BCUT2D eigenvalue weighted by Gasteiger charge is -2.17. The highest BCUT2D eigenvalue weighted by molar-refractivity contribution is 6.30. The maximum absolute atomic E-state index is 12.5. The van der Waals surface area contributed by atoms with Crippen molar-refractivity contribution in [3.05, 3.63) is 56.4 Å². The number of aliphatic carboxylic acids is 1. The minimum Gasteiger partial charge on any atom is -0.481 e. The van der Waals surface area contributed by atoms with E-state index in [1.54, 1.807) is 24.3 Å². The normalized spacial score (nSPS) is 11.8. The van der Waals surface area contributed by atoms with E-state index in [9.17, 15) is 19.7 Å². The van der Waals surface area contributed by atoms with Crippen LogP contribution < -0.4 is 5.32 Å². The topological polar surface area (TPSA) is 127 Å². The average molecular weight is 367 g/mol. The molecule has 0 aliphatic carbocycles. The maximum atomic E-state index is 12.5. The molecule has 1 aromatic heterocycles. The Morgan fingerprint density at radius 3 is 2.52 bits per heavy atom. The third kappa shape index (κ3) is 4.13. The molecule has 1 amide bonds. The number of nitrogens with zero attached hydrogens (tertiary/aromatic N) is 3. The fourth-order valence-electron chi connectivity index (χ4n) is 2.47. The largest absolute Gasteiger partial charge is 0.481 e. The molecule has 10 heteroatoms. The van der Waals surface area contributed by atoms with Crippen molar-refractivity contribution < 1.29 is 19.6 Å². The molecule has 25 heavy (non-hydrogen) atoms. The second-order valence-electron chi connectivity index (χ2n) is 5.34. The van der Waals surface area contributed by atoms with E-state index in [0.29, 0.717) is 10.6 Å². The molecule has 9 nitrogen and oxygen atoms in total. The van der Waals surface area contributed by atoms with Crippen molar-refractivity contribution in [2.24, 2.45) is 7.05 Å². The summed E-state index contributed by atoms with van der Waals surface area (Å²) in [6, 6.07) is 5.42. The molecular formula is C15H15ClN4O5. The van der Waals surface area contributed by atoms with Gasteiger partial charge in [-0.25, -0.2) is 0 Å². The molecule has 2 aromatic rings. The van der Waals surface area contributed by atoms with Crippen LogP contribution in [0.1, 0.15) is 34.2 Å². The number of carbonyl (C=O) groups excluding carboxylic acids is 1. The van der Waals surface area contributed by atoms with Crippen molar-refractivity contribution >= 4 is 29.2 Å². The number of amides is 1. The third-order valence-electron chi connectivity index (χ3n) is 3.54. The first-order chi connectivity index (χ1) is 11.7. The summed E-state index contributed by atoms with van der Waals surface area (Å²) < 4.78 is 1.10. The molecule has 0 bridgehead atoms. The second kappa shape index (κ2) is 7.31. The van der Waals surface area contributed by atoms with Crippen LogP contribution >= 0.6 is 11.6 Å². The highest BCUT2D eigenvalue weighted by atomic mass is 35.5. The Kier molecular flexibility index (Phi) is 5.38. The summed E-state index contributed by atoms with van der Waals surface area (Å²) in [7, 11) is 1.41. The van der Waals surface area contributed by atoms with Gasteiger partial charge in [-0.1, -0.05) is 23.7 Å². The summed E-state index contributed by atoms with van der Waals surface area (Å²) in [5, 5.41) is 27.1. The van der Waals surface area contributed by atoms with Crippen LogP contribution in [0.3, 0.4) is 0 Å². The molecule has 0 radical (unpaired) electrons. The van der Waals surface area contributed by atoms with Gasteiger partial charge in [0.25, 0.3) is 5.91 Å². The summed E-state index contributed by atoms with van der Waals surface area (Å²) in [5.41, 5.74) is -0.0438. The summed E-state index contributed by atoms with van der Waals surface area (Å²) in [5.74, 6) is -1.91. The van der Waals surface area contributed by atoms with Gasteiger partial charge >= 0.3 is 11.7 Å². The molecule has 0 aliphatic rings. The number of benzene rings is 1. The van der Waals surface area contributed by atoms with Gasteiger partial charge in [0.05, 0.1) is 17.4 Å². The lowest BCUT2D eigenvalue weighted by Crippen LogP contribution is -2.32. The van der Waals surface area contributed by atoms with E-state index in [0.717, 1.165) is 4.68 Å². The third-order valence-corrected chi connectivity index (χ3v) is 3.80. The fourth-order valence-corrected chi connectivity index (χ4v) is 2.59. The minimum absolute atomic E-state index is 0.0962. The molecule has 2 rings (SSSR count).